The van der Waals surface area contributed by atoms with Crippen molar-refractivity contribution in [2.75, 3.05) is 12.3 Å². The monoisotopic (exact) mass is 342 g/mol. The average molecular weight is 342 g/mol. The lowest BCUT2D eigenvalue weighted by Crippen LogP contribution is -2.17. The molecule has 0 aliphatic rings. The van der Waals surface area contributed by atoms with Gasteiger partial charge in [0.25, 0.3) is 0 Å². The zero-order valence-corrected chi connectivity index (χ0v) is 14.2. The molecule has 0 radical (unpaired) electrons. The van der Waals surface area contributed by atoms with E-state index in [1.165, 1.54) is 0 Å². The van der Waals surface area contributed by atoms with Gasteiger partial charge < -0.3 is 10.2 Å². The van der Waals surface area contributed by atoms with E-state index in [9.17, 15) is 14.9 Å². The van der Waals surface area contributed by atoms with Crippen molar-refractivity contribution in [2.24, 2.45) is 5.92 Å². The fourth-order valence-corrected chi connectivity index (χ4v) is 2.77. The number of furan rings is 1. The maximum atomic E-state index is 12.5. The van der Waals surface area contributed by atoms with Gasteiger partial charge in [-0.15, -0.1) is 0 Å². The summed E-state index contributed by atoms with van der Waals surface area (Å²) in [5.74, 6) is -0.0351. The lowest BCUT2D eigenvalue weighted by Gasteiger charge is -2.12. The first-order valence-corrected chi connectivity index (χ1v) is 8.25. The first kappa shape index (κ1) is 18.4. The SMILES string of the molecule is CCC/C(=C\C(CC(=O)c1ccccc1N)C[N+](=O)[O-])c1ccco1. The Morgan fingerprint density at radius 3 is 2.68 bits per heavy atom. The largest absolute Gasteiger partial charge is 0.465 e. The number of anilines is 1. The molecule has 2 aromatic rings. The van der Waals surface area contributed by atoms with Gasteiger partial charge in [-0.1, -0.05) is 31.6 Å². The molecule has 0 saturated carbocycles. The number of Topliss-reactive ketones (excluding diaryl/α,β-unsaturated/α-hetero) is 1. The minimum Gasteiger partial charge on any atom is -0.465 e. The van der Waals surface area contributed by atoms with Crippen molar-refractivity contribution in [3.8, 4) is 0 Å². The second-order valence-electron chi connectivity index (χ2n) is 5.91. The highest BCUT2D eigenvalue weighted by atomic mass is 16.6. The van der Waals surface area contributed by atoms with Gasteiger partial charge >= 0.3 is 0 Å². The molecular formula is C19H22N2O4. The summed E-state index contributed by atoms with van der Waals surface area (Å²) in [6, 6.07) is 10.4. The van der Waals surface area contributed by atoms with E-state index in [-0.39, 0.29) is 18.7 Å². The van der Waals surface area contributed by atoms with Gasteiger partial charge in [-0.05, 0) is 36.3 Å². The summed E-state index contributed by atoms with van der Waals surface area (Å²) in [5.41, 5.74) is 7.51. The minimum absolute atomic E-state index is 0.0309. The lowest BCUT2D eigenvalue weighted by atomic mass is 9.93. The number of hydrogen-bond acceptors (Lipinski definition) is 5. The molecule has 2 N–H and O–H groups in total. The minimum atomic E-state index is -0.520. The summed E-state index contributed by atoms with van der Waals surface area (Å²) in [6.45, 7) is 1.71. The zero-order valence-electron chi connectivity index (χ0n) is 14.2. The maximum Gasteiger partial charge on any atom is 0.210 e. The molecule has 6 heteroatoms. The van der Waals surface area contributed by atoms with E-state index in [4.69, 9.17) is 10.2 Å². The number of nitrogens with zero attached hydrogens (tertiary/aromatic N) is 1. The number of nitro groups is 1. The van der Waals surface area contributed by atoms with Crippen molar-refractivity contribution in [1.82, 2.24) is 0 Å². The smallest absolute Gasteiger partial charge is 0.210 e. The maximum absolute atomic E-state index is 12.5. The second-order valence-corrected chi connectivity index (χ2v) is 5.91. The summed E-state index contributed by atoms with van der Waals surface area (Å²) in [7, 11) is 0. The highest BCUT2D eigenvalue weighted by Gasteiger charge is 2.21. The summed E-state index contributed by atoms with van der Waals surface area (Å²) < 4.78 is 5.42. The fourth-order valence-electron chi connectivity index (χ4n) is 2.77. The number of allylic oxidation sites excluding steroid dienone is 1. The van der Waals surface area contributed by atoms with E-state index in [0.717, 1.165) is 18.4 Å². The third-order valence-electron chi connectivity index (χ3n) is 3.89. The molecule has 25 heavy (non-hydrogen) atoms. The van der Waals surface area contributed by atoms with Gasteiger partial charge in [0.1, 0.15) is 5.76 Å². The van der Waals surface area contributed by atoms with Crippen LogP contribution in [0.1, 0.15) is 42.3 Å². The molecule has 2 rings (SSSR count). The molecule has 132 valence electrons. The van der Waals surface area contributed by atoms with Crippen molar-refractivity contribution >= 4 is 17.0 Å². The van der Waals surface area contributed by atoms with Crippen molar-refractivity contribution in [3.05, 3.63) is 70.2 Å². The van der Waals surface area contributed by atoms with Crippen LogP contribution in [0.2, 0.25) is 0 Å². The summed E-state index contributed by atoms with van der Waals surface area (Å²) in [6.07, 6.45) is 4.99. The quantitative estimate of drug-likeness (QED) is 0.318. The molecule has 0 aliphatic heterocycles. The van der Waals surface area contributed by atoms with E-state index in [0.29, 0.717) is 17.0 Å². The van der Waals surface area contributed by atoms with E-state index < -0.39 is 10.8 Å². The van der Waals surface area contributed by atoms with Crippen molar-refractivity contribution in [2.45, 2.75) is 26.2 Å². The van der Waals surface area contributed by atoms with Gasteiger partial charge in [0, 0.05) is 28.5 Å². The van der Waals surface area contributed by atoms with Crippen LogP contribution in [-0.2, 0) is 0 Å². The highest BCUT2D eigenvalue weighted by molar-refractivity contribution is 6.00. The van der Waals surface area contributed by atoms with Crippen molar-refractivity contribution < 1.29 is 14.1 Å². The van der Waals surface area contributed by atoms with Crippen molar-refractivity contribution in [3.63, 3.8) is 0 Å². The topological polar surface area (TPSA) is 99.4 Å². The Balaban J connectivity index is 2.26. The Kier molecular flexibility index (Phi) is 6.51. The lowest BCUT2D eigenvalue weighted by molar-refractivity contribution is -0.485. The number of hydrogen-bond donors (Lipinski definition) is 1. The molecule has 0 amide bonds. The first-order valence-electron chi connectivity index (χ1n) is 8.25. The van der Waals surface area contributed by atoms with E-state index >= 15 is 0 Å². The molecule has 1 aromatic carbocycles. The van der Waals surface area contributed by atoms with Crippen LogP contribution in [0, 0.1) is 16.0 Å². The first-order chi connectivity index (χ1) is 12.0. The van der Waals surface area contributed by atoms with Crippen molar-refractivity contribution in [1.29, 1.82) is 0 Å². The third kappa shape index (κ3) is 5.31. The Morgan fingerprint density at radius 1 is 1.32 bits per heavy atom. The number of para-hydroxylation sites is 1. The molecule has 0 aliphatic carbocycles. The predicted molar refractivity (Wildman–Crippen MR) is 96.7 cm³/mol. The summed E-state index contributed by atoms with van der Waals surface area (Å²) >= 11 is 0. The van der Waals surface area contributed by atoms with Gasteiger partial charge in [0.15, 0.2) is 5.78 Å². The average Bonchev–Trinajstić information content (AvgIpc) is 3.08. The zero-order chi connectivity index (χ0) is 18.2. The van der Waals surface area contributed by atoms with Crippen LogP contribution >= 0.6 is 0 Å². The van der Waals surface area contributed by atoms with Gasteiger partial charge in [-0.2, -0.15) is 0 Å². The Bertz CT molecular complexity index is 751. The number of benzene rings is 1. The Morgan fingerprint density at radius 2 is 2.08 bits per heavy atom. The number of ketones is 1. The Labute approximate surface area is 146 Å². The third-order valence-corrected chi connectivity index (χ3v) is 3.89. The molecule has 1 unspecified atom stereocenters. The summed E-state index contributed by atoms with van der Waals surface area (Å²) in [5, 5.41) is 11.0. The van der Waals surface area contributed by atoms with Crippen LogP contribution < -0.4 is 5.73 Å². The molecule has 1 aromatic heterocycles. The van der Waals surface area contributed by atoms with E-state index in [1.54, 1.807) is 42.7 Å². The number of nitrogen functional groups attached to an aromatic ring is 1. The Hall–Kier alpha value is -2.89. The summed E-state index contributed by atoms with van der Waals surface area (Å²) in [4.78, 5) is 23.2. The van der Waals surface area contributed by atoms with Gasteiger partial charge in [-0.25, -0.2) is 0 Å². The van der Waals surface area contributed by atoms with Crippen LogP contribution in [0.5, 0.6) is 0 Å². The van der Waals surface area contributed by atoms with Crippen LogP contribution in [0.15, 0.2) is 53.2 Å². The predicted octanol–water partition coefficient (Wildman–Crippen LogP) is 4.21. The van der Waals surface area contributed by atoms with Crippen LogP contribution in [0.25, 0.3) is 5.57 Å². The molecule has 0 bridgehead atoms. The fraction of sp³-hybridized carbons (Fsp3) is 0.316. The molecule has 0 fully saturated rings. The van der Waals surface area contributed by atoms with Crippen LogP contribution in [0.4, 0.5) is 5.69 Å². The second kappa shape index (κ2) is 8.82. The van der Waals surface area contributed by atoms with Gasteiger partial charge in [0.05, 0.1) is 6.26 Å². The van der Waals surface area contributed by atoms with Crippen LogP contribution in [0.3, 0.4) is 0 Å². The molecule has 1 heterocycles. The number of rotatable bonds is 9. The van der Waals surface area contributed by atoms with E-state index in [1.807, 2.05) is 13.0 Å². The van der Waals surface area contributed by atoms with E-state index in [2.05, 4.69) is 0 Å². The molecule has 0 spiro atoms. The normalized spacial score (nSPS) is 12.8. The highest BCUT2D eigenvalue weighted by Crippen LogP contribution is 2.25. The molecule has 6 nitrogen and oxygen atoms in total. The van der Waals surface area contributed by atoms with Gasteiger partial charge in [0.2, 0.25) is 6.54 Å². The van der Waals surface area contributed by atoms with Crippen LogP contribution in [-0.4, -0.2) is 17.3 Å². The number of carbonyl (C=O) groups is 1. The number of nitrogens with two attached hydrogens (primary N) is 1. The molecule has 1 atom stereocenters. The van der Waals surface area contributed by atoms with Gasteiger partial charge in [-0.3, -0.25) is 14.9 Å². The molecular weight excluding hydrogens is 320 g/mol. The standard InChI is InChI=1S/C19H22N2O4/c1-2-6-15(19-9-5-10-25-19)11-14(13-21(23)24)12-18(22)16-7-3-4-8-17(16)20/h3-5,7-11,14H,2,6,12-13,20H2,1H3/b15-11+. The number of carbonyl (C=O) groups excluding carboxylic acids is 1. The molecule has 0 saturated heterocycles.